The van der Waals surface area contributed by atoms with Crippen molar-refractivity contribution < 1.29 is 0 Å². The quantitative estimate of drug-likeness (QED) is 0.675. The molecule has 2 saturated carbocycles. The average Bonchev–Trinajstić information content (AvgIpc) is 3.48. The molecule has 0 saturated heterocycles. The maximum absolute atomic E-state index is 13.5. The molecule has 0 aliphatic heterocycles. The predicted octanol–water partition coefficient (Wildman–Crippen LogP) is 4.10. The first-order valence-electron chi connectivity index (χ1n) is 11.7. The fraction of sp³-hybridized carbons (Fsp3) is 0.520. The smallest absolute Gasteiger partial charge is 0.255 e. The number of hydrogen-bond donors (Lipinski definition) is 1. The Morgan fingerprint density at radius 2 is 1.80 bits per heavy atom. The zero-order valence-electron chi connectivity index (χ0n) is 17.6. The van der Waals surface area contributed by atoms with Crippen molar-refractivity contribution in [2.24, 2.45) is 0 Å². The summed E-state index contributed by atoms with van der Waals surface area (Å²) < 4.78 is 4.19. The van der Waals surface area contributed by atoms with Crippen molar-refractivity contribution >= 4 is 11.0 Å². The Bertz CT molecular complexity index is 1150. The van der Waals surface area contributed by atoms with Crippen LogP contribution in [0.4, 0.5) is 0 Å². The Morgan fingerprint density at radius 3 is 2.57 bits per heavy atom. The SMILES string of the molecule is O=c1c2c(c3cnn(Cc4cccc(CNC5CC5)c4)c3n1C1CCC1)CCCC2. The highest BCUT2D eigenvalue weighted by atomic mass is 16.1. The van der Waals surface area contributed by atoms with Gasteiger partial charge in [-0.3, -0.25) is 9.36 Å². The average molecular weight is 403 g/mol. The summed E-state index contributed by atoms with van der Waals surface area (Å²) in [6.07, 6.45) is 12.3. The second-order valence-electron chi connectivity index (χ2n) is 9.44. The third-order valence-electron chi connectivity index (χ3n) is 7.25. The number of aryl methyl sites for hydroxylation is 1. The Morgan fingerprint density at radius 1 is 1.00 bits per heavy atom. The van der Waals surface area contributed by atoms with Gasteiger partial charge in [0.25, 0.3) is 5.56 Å². The molecule has 1 N–H and O–H groups in total. The molecule has 0 radical (unpaired) electrons. The van der Waals surface area contributed by atoms with Crippen molar-refractivity contribution in [3.8, 4) is 0 Å². The molecular weight excluding hydrogens is 372 g/mol. The first-order chi connectivity index (χ1) is 14.8. The van der Waals surface area contributed by atoms with E-state index >= 15 is 0 Å². The van der Waals surface area contributed by atoms with Crippen molar-refractivity contribution in [3.05, 3.63) is 63.1 Å². The van der Waals surface area contributed by atoms with E-state index in [1.54, 1.807) is 0 Å². The highest BCUT2D eigenvalue weighted by molar-refractivity contribution is 5.81. The van der Waals surface area contributed by atoms with E-state index in [-0.39, 0.29) is 5.56 Å². The van der Waals surface area contributed by atoms with Crippen LogP contribution in [0.3, 0.4) is 0 Å². The van der Waals surface area contributed by atoms with Gasteiger partial charge in [-0.1, -0.05) is 24.3 Å². The molecule has 2 aromatic heterocycles. The van der Waals surface area contributed by atoms with Crippen molar-refractivity contribution in [2.45, 2.75) is 83.0 Å². The van der Waals surface area contributed by atoms with Crippen molar-refractivity contribution in [1.29, 1.82) is 0 Å². The van der Waals surface area contributed by atoms with E-state index in [2.05, 4.69) is 38.8 Å². The fourth-order valence-electron chi connectivity index (χ4n) is 5.19. The molecular formula is C25H30N4O. The van der Waals surface area contributed by atoms with Gasteiger partial charge in [0.2, 0.25) is 0 Å². The van der Waals surface area contributed by atoms with Gasteiger partial charge in [-0.05, 0) is 74.5 Å². The number of rotatable bonds is 6. The molecule has 0 bridgehead atoms. The van der Waals surface area contributed by atoms with Gasteiger partial charge in [0.05, 0.1) is 12.7 Å². The van der Waals surface area contributed by atoms with Gasteiger partial charge in [-0.15, -0.1) is 0 Å². The second-order valence-corrected chi connectivity index (χ2v) is 9.44. The summed E-state index contributed by atoms with van der Waals surface area (Å²) in [5, 5.41) is 9.61. The zero-order valence-corrected chi connectivity index (χ0v) is 17.6. The minimum Gasteiger partial charge on any atom is -0.310 e. The van der Waals surface area contributed by atoms with Crippen LogP contribution in [-0.4, -0.2) is 20.4 Å². The number of fused-ring (bicyclic) bond motifs is 3. The van der Waals surface area contributed by atoms with Crippen LogP contribution < -0.4 is 10.9 Å². The minimum absolute atomic E-state index is 0.256. The van der Waals surface area contributed by atoms with Crippen LogP contribution in [0.1, 0.15) is 73.2 Å². The van der Waals surface area contributed by atoms with E-state index in [1.165, 1.54) is 47.8 Å². The summed E-state index contributed by atoms with van der Waals surface area (Å²) >= 11 is 0. The molecule has 5 heteroatoms. The van der Waals surface area contributed by atoms with Gasteiger partial charge in [0.15, 0.2) is 0 Å². The molecule has 0 atom stereocenters. The first-order valence-corrected chi connectivity index (χ1v) is 11.7. The van der Waals surface area contributed by atoms with E-state index in [0.717, 1.165) is 49.9 Å². The van der Waals surface area contributed by atoms with Crippen molar-refractivity contribution in [2.75, 3.05) is 0 Å². The van der Waals surface area contributed by atoms with Crippen molar-refractivity contribution in [3.63, 3.8) is 0 Å². The van der Waals surface area contributed by atoms with E-state index < -0.39 is 0 Å². The van der Waals surface area contributed by atoms with Gasteiger partial charge in [0.1, 0.15) is 5.65 Å². The van der Waals surface area contributed by atoms with E-state index in [9.17, 15) is 4.79 Å². The zero-order chi connectivity index (χ0) is 20.1. The summed E-state index contributed by atoms with van der Waals surface area (Å²) in [4.78, 5) is 13.5. The third kappa shape index (κ3) is 3.20. The van der Waals surface area contributed by atoms with Gasteiger partial charge in [-0.2, -0.15) is 5.10 Å². The number of benzene rings is 1. The summed E-state index contributed by atoms with van der Waals surface area (Å²) in [5.74, 6) is 0. The largest absolute Gasteiger partial charge is 0.310 e. The van der Waals surface area contributed by atoms with Crippen LogP contribution in [0.15, 0.2) is 35.3 Å². The standard InChI is InChI=1S/C25H30N4O/c30-25-22-10-2-1-9-21(22)23-15-27-28(24(23)29(25)20-7-4-8-20)16-18-6-3-5-17(13-18)14-26-19-11-12-19/h3,5-6,13,15,19-20,26H,1-2,4,7-12,14,16H2. The normalized spacial score (nSPS) is 19.1. The number of aromatic nitrogens is 3. The van der Waals surface area contributed by atoms with Gasteiger partial charge in [0, 0.05) is 29.6 Å². The van der Waals surface area contributed by atoms with Crippen LogP contribution in [0.2, 0.25) is 0 Å². The summed E-state index contributed by atoms with van der Waals surface area (Å²) in [5.41, 5.74) is 6.21. The third-order valence-corrected chi connectivity index (χ3v) is 7.25. The molecule has 2 fully saturated rings. The Kier molecular flexibility index (Phi) is 4.52. The van der Waals surface area contributed by atoms with Crippen molar-refractivity contribution in [1.82, 2.24) is 19.7 Å². The van der Waals surface area contributed by atoms with Gasteiger partial charge < -0.3 is 5.32 Å². The van der Waals surface area contributed by atoms with Gasteiger partial charge in [-0.25, -0.2) is 4.68 Å². The lowest BCUT2D eigenvalue weighted by Gasteiger charge is -2.30. The lowest BCUT2D eigenvalue weighted by molar-refractivity contribution is 0.309. The highest BCUT2D eigenvalue weighted by Gasteiger charge is 2.28. The lowest BCUT2D eigenvalue weighted by atomic mass is 9.88. The minimum atomic E-state index is 0.256. The Balaban J connectivity index is 1.40. The molecule has 30 heavy (non-hydrogen) atoms. The molecule has 3 aliphatic rings. The topological polar surface area (TPSA) is 51.9 Å². The van der Waals surface area contributed by atoms with Crippen LogP contribution in [0, 0.1) is 0 Å². The number of hydrogen-bond acceptors (Lipinski definition) is 3. The predicted molar refractivity (Wildman–Crippen MR) is 119 cm³/mol. The molecule has 0 spiro atoms. The molecule has 6 rings (SSSR count). The number of nitrogens with one attached hydrogen (secondary N) is 1. The van der Waals surface area contributed by atoms with Crippen LogP contribution in [0.5, 0.6) is 0 Å². The van der Waals surface area contributed by atoms with Crippen LogP contribution >= 0.6 is 0 Å². The summed E-state index contributed by atoms with van der Waals surface area (Å²) in [6.45, 7) is 1.64. The van der Waals surface area contributed by atoms with Crippen LogP contribution in [-0.2, 0) is 25.9 Å². The lowest BCUT2D eigenvalue weighted by Crippen LogP contribution is -2.34. The van der Waals surface area contributed by atoms with Gasteiger partial charge >= 0.3 is 0 Å². The Hall–Kier alpha value is -2.40. The second kappa shape index (κ2) is 7.38. The molecule has 3 aliphatic carbocycles. The molecule has 1 aromatic carbocycles. The maximum atomic E-state index is 13.5. The van der Waals surface area contributed by atoms with E-state index in [4.69, 9.17) is 5.10 Å². The van der Waals surface area contributed by atoms with Crippen LogP contribution in [0.25, 0.3) is 11.0 Å². The monoisotopic (exact) mass is 402 g/mol. The molecule has 3 aromatic rings. The van der Waals surface area contributed by atoms with E-state index in [0.29, 0.717) is 18.6 Å². The summed E-state index contributed by atoms with van der Waals surface area (Å²) in [6, 6.07) is 9.86. The highest BCUT2D eigenvalue weighted by Crippen LogP contribution is 2.35. The molecule has 5 nitrogen and oxygen atoms in total. The summed E-state index contributed by atoms with van der Waals surface area (Å²) in [7, 11) is 0. The molecule has 0 amide bonds. The fourth-order valence-corrected chi connectivity index (χ4v) is 5.19. The molecule has 2 heterocycles. The first kappa shape index (κ1) is 18.4. The Labute approximate surface area is 177 Å². The van der Waals surface area contributed by atoms with E-state index in [1.807, 2.05) is 6.20 Å². The maximum Gasteiger partial charge on any atom is 0.255 e. The molecule has 0 unspecified atom stereocenters. The molecule has 156 valence electrons. The number of nitrogens with zero attached hydrogens (tertiary/aromatic N) is 3. The number of pyridine rings is 1.